The Bertz CT molecular complexity index is 487. The molecule has 0 saturated heterocycles. The van der Waals surface area contributed by atoms with Gasteiger partial charge >= 0.3 is 5.69 Å². The molecule has 0 aromatic carbocycles. The Morgan fingerprint density at radius 1 is 1.53 bits per heavy atom. The van der Waals surface area contributed by atoms with E-state index < -0.39 is 4.92 Å². The van der Waals surface area contributed by atoms with Gasteiger partial charge in [-0.05, 0) is 13.0 Å². The molecule has 0 amide bonds. The van der Waals surface area contributed by atoms with Crippen molar-refractivity contribution < 1.29 is 4.92 Å². The number of aromatic nitrogens is 4. The summed E-state index contributed by atoms with van der Waals surface area (Å²) in [5, 5.41) is 18.4. The van der Waals surface area contributed by atoms with Crippen molar-refractivity contribution in [1.29, 1.82) is 0 Å². The van der Waals surface area contributed by atoms with Crippen molar-refractivity contribution in [2.45, 2.75) is 13.6 Å². The van der Waals surface area contributed by atoms with Crippen LogP contribution in [0.15, 0.2) is 24.7 Å². The van der Waals surface area contributed by atoms with Gasteiger partial charge in [-0.15, -0.1) is 0 Å². The Kier molecular flexibility index (Phi) is 2.20. The lowest BCUT2D eigenvalue weighted by Gasteiger charge is -1.99. The van der Waals surface area contributed by atoms with Crippen molar-refractivity contribution >= 4 is 5.69 Å². The maximum absolute atomic E-state index is 10.4. The minimum absolute atomic E-state index is 0.0149. The van der Waals surface area contributed by atoms with Gasteiger partial charge < -0.3 is 0 Å². The highest BCUT2D eigenvalue weighted by atomic mass is 16.6. The molecule has 2 aromatic heterocycles. The molecule has 2 aromatic rings. The van der Waals surface area contributed by atoms with Crippen LogP contribution in [0, 0.1) is 17.0 Å². The third-order valence-electron chi connectivity index (χ3n) is 1.89. The summed E-state index contributed by atoms with van der Waals surface area (Å²) >= 11 is 0. The van der Waals surface area contributed by atoms with Gasteiger partial charge in [0.05, 0.1) is 10.6 Å². The monoisotopic (exact) mass is 207 g/mol. The molecule has 0 atom stereocenters. The zero-order valence-electron chi connectivity index (χ0n) is 8.07. The first-order valence-corrected chi connectivity index (χ1v) is 4.32. The second-order valence-electron chi connectivity index (χ2n) is 3.13. The summed E-state index contributed by atoms with van der Waals surface area (Å²) in [6.07, 6.45) is 4.39. The standard InChI is InChI=1S/C8H9N5O2/c1-7-2-3-11(10-7)6-12-5-8(4-9-12)13(14)15/h2-5H,6H2,1H3. The van der Waals surface area contributed by atoms with Crippen LogP contribution in [0.2, 0.25) is 0 Å². The Morgan fingerprint density at radius 3 is 2.87 bits per heavy atom. The largest absolute Gasteiger partial charge is 0.307 e. The van der Waals surface area contributed by atoms with E-state index in [4.69, 9.17) is 0 Å². The molecule has 0 bridgehead atoms. The predicted molar refractivity (Wildman–Crippen MR) is 51.2 cm³/mol. The van der Waals surface area contributed by atoms with Crippen molar-refractivity contribution in [3.8, 4) is 0 Å². The Hall–Kier alpha value is -2.18. The summed E-state index contributed by atoms with van der Waals surface area (Å²) in [6.45, 7) is 2.25. The van der Waals surface area contributed by atoms with E-state index in [9.17, 15) is 10.1 Å². The lowest BCUT2D eigenvalue weighted by Crippen LogP contribution is -2.08. The van der Waals surface area contributed by atoms with Crippen molar-refractivity contribution in [3.05, 3.63) is 40.5 Å². The summed E-state index contributed by atoms with van der Waals surface area (Å²) in [5.41, 5.74) is 0.885. The maximum Gasteiger partial charge on any atom is 0.307 e. The minimum atomic E-state index is -0.474. The number of rotatable bonds is 3. The Labute approximate surface area is 85.1 Å². The molecular weight excluding hydrogens is 198 g/mol. The molecule has 0 fully saturated rings. The van der Waals surface area contributed by atoms with Gasteiger partial charge in [-0.1, -0.05) is 0 Å². The average molecular weight is 207 g/mol. The lowest BCUT2D eigenvalue weighted by atomic mass is 10.5. The van der Waals surface area contributed by atoms with Gasteiger partial charge in [0.15, 0.2) is 0 Å². The highest BCUT2D eigenvalue weighted by molar-refractivity contribution is 5.20. The number of nitrogens with zero attached hydrogens (tertiary/aromatic N) is 5. The molecular formula is C8H9N5O2. The molecule has 0 aliphatic rings. The third-order valence-corrected chi connectivity index (χ3v) is 1.89. The molecule has 2 heterocycles. The zero-order chi connectivity index (χ0) is 10.8. The first kappa shape index (κ1) is 9.38. The van der Waals surface area contributed by atoms with Crippen molar-refractivity contribution in [2.24, 2.45) is 0 Å². The van der Waals surface area contributed by atoms with Crippen LogP contribution in [0.4, 0.5) is 5.69 Å². The van der Waals surface area contributed by atoms with Gasteiger partial charge in [-0.3, -0.25) is 14.8 Å². The molecule has 0 unspecified atom stereocenters. The van der Waals surface area contributed by atoms with E-state index in [0.717, 1.165) is 5.69 Å². The van der Waals surface area contributed by atoms with Gasteiger partial charge in [-0.2, -0.15) is 10.2 Å². The van der Waals surface area contributed by atoms with Crippen LogP contribution in [0.3, 0.4) is 0 Å². The fourth-order valence-corrected chi connectivity index (χ4v) is 1.21. The van der Waals surface area contributed by atoms with E-state index in [2.05, 4.69) is 10.2 Å². The maximum atomic E-state index is 10.4. The number of nitro groups is 1. The zero-order valence-corrected chi connectivity index (χ0v) is 8.07. The Balaban J connectivity index is 2.14. The van der Waals surface area contributed by atoms with E-state index in [-0.39, 0.29) is 5.69 Å². The normalized spacial score (nSPS) is 10.5. The molecule has 7 heteroatoms. The second kappa shape index (κ2) is 3.52. The van der Waals surface area contributed by atoms with Crippen molar-refractivity contribution in [2.75, 3.05) is 0 Å². The van der Waals surface area contributed by atoms with E-state index >= 15 is 0 Å². The van der Waals surface area contributed by atoms with E-state index in [0.29, 0.717) is 6.67 Å². The smallest absolute Gasteiger partial charge is 0.258 e. The van der Waals surface area contributed by atoms with Gasteiger partial charge in [0.25, 0.3) is 0 Å². The summed E-state index contributed by atoms with van der Waals surface area (Å²) < 4.78 is 3.12. The van der Waals surface area contributed by atoms with Gasteiger partial charge in [-0.25, -0.2) is 4.68 Å². The molecule has 0 saturated carbocycles. The Morgan fingerprint density at radius 2 is 2.33 bits per heavy atom. The van der Waals surface area contributed by atoms with Crippen LogP contribution >= 0.6 is 0 Å². The number of hydrogen-bond acceptors (Lipinski definition) is 4. The highest BCUT2D eigenvalue weighted by Gasteiger charge is 2.08. The summed E-state index contributed by atoms with van der Waals surface area (Å²) in [5.74, 6) is 0. The molecule has 15 heavy (non-hydrogen) atoms. The molecule has 78 valence electrons. The summed E-state index contributed by atoms with van der Waals surface area (Å²) in [4.78, 5) is 9.93. The quantitative estimate of drug-likeness (QED) is 0.550. The fourth-order valence-electron chi connectivity index (χ4n) is 1.21. The lowest BCUT2D eigenvalue weighted by molar-refractivity contribution is -0.385. The topological polar surface area (TPSA) is 78.8 Å². The van der Waals surface area contributed by atoms with E-state index in [1.54, 1.807) is 10.9 Å². The van der Waals surface area contributed by atoms with Crippen molar-refractivity contribution in [1.82, 2.24) is 19.6 Å². The van der Waals surface area contributed by atoms with Crippen LogP contribution < -0.4 is 0 Å². The number of aryl methyl sites for hydroxylation is 1. The SMILES string of the molecule is Cc1ccn(Cn2cc([N+](=O)[O-])cn2)n1. The summed E-state index contributed by atoms with van der Waals surface area (Å²) in [7, 11) is 0. The fraction of sp³-hybridized carbons (Fsp3) is 0.250. The molecule has 0 aliphatic carbocycles. The van der Waals surface area contributed by atoms with Crippen LogP contribution in [-0.4, -0.2) is 24.5 Å². The second-order valence-corrected chi connectivity index (χ2v) is 3.13. The van der Waals surface area contributed by atoms with E-state index in [1.807, 2.05) is 13.0 Å². The average Bonchev–Trinajstić information content (AvgIpc) is 2.76. The molecule has 0 radical (unpaired) electrons. The predicted octanol–water partition coefficient (Wildman–Crippen LogP) is 0.802. The molecule has 7 nitrogen and oxygen atoms in total. The third kappa shape index (κ3) is 2.01. The van der Waals surface area contributed by atoms with Crippen LogP contribution in [0.1, 0.15) is 5.69 Å². The van der Waals surface area contributed by atoms with Crippen molar-refractivity contribution in [3.63, 3.8) is 0 Å². The first-order chi connectivity index (χ1) is 7.15. The van der Waals surface area contributed by atoms with Crippen LogP contribution in [0.25, 0.3) is 0 Å². The van der Waals surface area contributed by atoms with Gasteiger partial charge in [0, 0.05) is 6.20 Å². The van der Waals surface area contributed by atoms with Crippen LogP contribution in [0.5, 0.6) is 0 Å². The molecule has 2 rings (SSSR count). The highest BCUT2D eigenvalue weighted by Crippen LogP contribution is 2.07. The molecule has 0 spiro atoms. The summed E-state index contributed by atoms with van der Waals surface area (Å²) in [6, 6.07) is 1.86. The molecule has 0 aliphatic heterocycles. The minimum Gasteiger partial charge on any atom is -0.258 e. The van der Waals surface area contributed by atoms with E-state index in [1.165, 1.54) is 17.1 Å². The number of hydrogen-bond donors (Lipinski definition) is 0. The van der Waals surface area contributed by atoms with Gasteiger partial charge in [0.2, 0.25) is 0 Å². The molecule has 0 N–H and O–H groups in total. The van der Waals surface area contributed by atoms with Crippen LogP contribution in [-0.2, 0) is 6.67 Å². The van der Waals surface area contributed by atoms with Gasteiger partial charge in [0.1, 0.15) is 19.1 Å². The first-order valence-electron chi connectivity index (χ1n) is 4.32.